The first-order valence-electron chi connectivity index (χ1n) is 5.71. The van der Waals surface area contributed by atoms with Gasteiger partial charge in [-0.3, -0.25) is 4.79 Å². The van der Waals surface area contributed by atoms with Gasteiger partial charge in [0.2, 0.25) is 0 Å². The van der Waals surface area contributed by atoms with Crippen molar-refractivity contribution in [3.8, 4) is 5.75 Å². The Morgan fingerprint density at radius 1 is 1.21 bits per heavy atom. The lowest BCUT2D eigenvalue weighted by Gasteiger charge is -2.10. The van der Waals surface area contributed by atoms with E-state index in [2.05, 4.69) is 4.98 Å². The lowest BCUT2D eigenvalue weighted by atomic mass is 10.2. The van der Waals surface area contributed by atoms with Gasteiger partial charge in [-0.15, -0.1) is 0 Å². The van der Waals surface area contributed by atoms with Crippen LogP contribution >= 0.6 is 11.8 Å². The molecule has 1 heterocycles. The molecule has 1 aromatic carbocycles. The van der Waals surface area contributed by atoms with Gasteiger partial charge in [-0.25, -0.2) is 4.98 Å². The molecular weight excluding hydrogens is 260 g/mol. The Bertz CT molecular complexity index is 582. The number of para-hydroxylation sites is 1. The lowest BCUT2D eigenvalue weighted by molar-refractivity contribution is 0.0827. The van der Waals surface area contributed by atoms with Crippen molar-refractivity contribution in [1.29, 1.82) is 0 Å². The third-order valence-electron chi connectivity index (χ3n) is 2.47. The number of carbonyl (C=O) groups excluding carboxylic acids is 1. The minimum absolute atomic E-state index is 0.0772. The number of phenols is 1. The summed E-state index contributed by atoms with van der Waals surface area (Å²) in [5.74, 6) is 0.148. The van der Waals surface area contributed by atoms with E-state index in [4.69, 9.17) is 0 Å². The van der Waals surface area contributed by atoms with E-state index in [1.807, 2.05) is 12.1 Å². The van der Waals surface area contributed by atoms with E-state index in [-0.39, 0.29) is 11.7 Å². The fourth-order valence-electron chi connectivity index (χ4n) is 1.48. The quantitative estimate of drug-likeness (QED) is 0.935. The Labute approximate surface area is 116 Å². The van der Waals surface area contributed by atoms with Crippen LogP contribution in [0.15, 0.2) is 52.5 Å². The highest BCUT2D eigenvalue weighted by atomic mass is 32.2. The number of amides is 1. The van der Waals surface area contributed by atoms with Crippen LogP contribution in [0.4, 0.5) is 0 Å². The van der Waals surface area contributed by atoms with Gasteiger partial charge in [0.1, 0.15) is 10.8 Å². The van der Waals surface area contributed by atoms with E-state index in [1.165, 1.54) is 16.7 Å². The molecule has 0 radical (unpaired) electrons. The van der Waals surface area contributed by atoms with Crippen LogP contribution < -0.4 is 0 Å². The van der Waals surface area contributed by atoms with Crippen molar-refractivity contribution in [2.75, 3.05) is 14.1 Å². The molecule has 0 fully saturated rings. The highest BCUT2D eigenvalue weighted by Crippen LogP contribution is 2.32. The first kappa shape index (κ1) is 13.4. The van der Waals surface area contributed by atoms with Crippen LogP contribution in [0.3, 0.4) is 0 Å². The Morgan fingerprint density at radius 3 is 2.53 bits per heavy atom. The van der Waals surface area contributed by atoms with Gasteiger partial charge in [0.15, 0.2) is 0 Å². The normalized spacial score (nSPS) is 10.2. The minimum Gasteiger partial charge on any atom is -0.507 e. The zero-order chi connectivity index (χ0) is 13.8. The Morgan fingerprint density at radius 2 is 1.95 bits per heavy atom. The molecule has 0 spiro atoms. The van der Waals surface area contributed by atoms with Gasteiger partial charge in [-0.05, 0) is 24.3 Å². The largest absolute Gasteiger partial charge is 0.507 e. The average Bonchev–Trinajstić information content (AvgIpc) is 2.41. The van der Waals surface area contributed by atoms with Gasteiger partial charge < -0.3 is 10.0 Å². The molecular formula is C14H14N2O2S. The summed E-state index contributed by atoms with van der Waals surface area (Å²) < 4.78 is 0. The first-order valence-corrected chi connectivity index (χ1v) is 6.53. The second-order valence-corrected chi connectivity index (χ2v) is 5.22. The van der Waals surface area contributed by atoms with Crippen LogP contribution in [-0.4, -0.2) is 35.0 Å². The van der Waals surface area contributed by atoms with E-state index in [0.717, 1.165) is 9.92 Å². The van der Waals surface area contributed by atoms with E-state index in [0.29, 0.717) is 5.56 Å². The Hall–Kier alpha value is -2.01. The van der Waals surface area contributed by atoms with Crippen LogP contribution in [0.1, 0.15) is 10.4 Å². The number of phenolic OH excluding ortho intramolecular Hbond substituents is 1. The molecule has 0 unspecified atom stereocenters. The molecule has 19 heavy (non-hydrogen) atoms. The number of hydrogen-bond donors (Lipinski definition) is 1. The Balaban J connectivity index is 2.16. The predicted molar refractivity (Wildman–Crippen MR) is 74.5 cm³/mol. The van der Waals surface area contributed by atoms with Crippen LogP contribution in [0.25, 0.3) is 0 Å². The number of pyridine rings is 1. The van der Waals surface area contributed by atoms with Crippen molar-refractivity contribution >= 4 is 17.7 Å². The smallest absolute Gasteiger partial charge is 0.254 e. The fraction of sp³-hybridized carbons (Fsp3) is 0.143. The maximum absolute atomic E-state index is 11.7. The van der Waals surface area contributed by atoms with Crippen LogP contribution in [0, 0.1) is 0 Å². The third-order valence-corrected chi connectivity index (χ3v) is 3.49. The lowest BCUT2D eigenvalue weighted by Crippen LogP contribution is -2.21. The number of aromatic nitrogens is 1. The summed E-state index contributed by atoms with van der Waals surface area (Å²) in [6, 6.07) is 10.6. The molecule has 0 atom stereocenters. The van der Waals surface area contributed by atoms with Gasteiger partial charge in [0.25, 0.3) is 5.91 Å². The molecule has 1 aromatic heterocycles. The average molecular weight is 274 g/mol. The molecule has 1 amide bonds. The highest BCUT2D eigenvalue weighted by Gasteiger charge is 2.09. The summed E-state index contributed by atoms with van der Waals surface area (Å²) in [5, 5.41) is 10.4. The molecule has 1 N–H and O–H groups in total. The van der Waals surface area contributed by atoms with E-state index >= 15 is 0 Å². The summed E-state index contributed by atoms with van der Waals surface area (Å²) in [7, 11) is 3.40. The summed E-state index contributed by atoms with van der Waals surface area (Å²) in [6.07, 6.45) is 1.55. The number of carbonyl (C=O) groups is 1. The van der Waals surface area contributed by atoms with Gasteiger partial charge in [0.05, 0.1) is 10.5 Å². The second-order valence-electron chi connectivity index (χ2n) is 4.15. The molecule has 0 saturated carbocycles. The summed E-state index contributed by atoms with van der Waals surface area (Å²) >= 11 is 1.36. The molecule has 0 aliphatic rings. The SMILES string of the molecule is CN(C)C(=O)c1ccc(Sc2ccccc2O)nc1. The number of hydrogen-bond acceptors (Lipinski definition) is 4. The van der Waals surface area contributed by atoms with Gasteiger partial charge in [-0.2, -0.15) is 0 Å². The van der Waals surface area contributed by atoms with Gasteiger partial charge >= 0.3 is 0 Å². The zero-order valence-electron chi connectivity index (χ0n) is 10.7. The monoisotopic (exact) mass is 274 g/mol. The number of benzene rings is 1. The van der Waals surface area contributed by atoms with Crippen LogP contribution in [0.2, 0.25) is 0 Å². The van der Waals surface area contributed by atoms with Crippen molar-refractivity contribution < 1.29 is 9.90 Å². The fourth-order valence-corrected chi connectivity index (χ4v) is 2.27. The van der Waals surface area contributed by atoms with Crippen LogP contribution in [-0.2, 0) is 0 Å². The van der Waals surface area contributed by atoms with Crippen LogP contribution in [0.5, 0.6) is 5.75 Å². The Kier molecular flexibility index (Phi) is 4.06. The molecule has 5 heteroatoms. The van der Waals surface area contributed by atoms with Crippen molar-refractivity contribution in [2.24, 2.45) is 0 Å². The standard InChI is InChI=1S/C14H14N2O2S/c1-16(2)14(18)10-7-8-13(15-9-10)19-12-6-4-3-5-11(12)17/h3-9,17H,1-2H3. The highest BCUT2D eigenvalue weighted by molar-refractivity contribution is 7.99. The molecule has 0 saturated heterocycles. The molecule has 0 aliphatic heterocycles. The number of nitrogens with zero attached hydrogens (tertiary/aromatic N) is 2. The van der Waals surface area contributed by atoms with Crippen molar-refractivity contribution in [3.63, 3.8) is 0 Å². The maximum atomic E-state index is 11.7. The number of aromatic hydroxyl groups is 1. The van der Waals surface area contributed by atoms with Gasteiger partial charge in [-0.1, -0.05) is 23.9 Å². The van der Waals surface area contributed by atoms with E-state index in [1.54, 1.807) is 44.6 Å². The zero-order valence-corrected chi connectivity index (χ0v) is 11.5. The van der Waals surface area contributed by atoms with Crippen molar-refractivity contribution in [2.45, 2.75) is 9.92 Å². The summed E-state index contributed by atoms with van der Waals surface area (Å²) in [6.45, 7) is 0. The molecule has 2 rings (SSSR count). The number of rotatable bonds is 3. The molecule has 98 valence electrons. The first-order chi connectivity index (χ1) is 9.08. The molecule has 2 aromatic rings. The topological polar surface area (TPSA) is 53.4 Å². The van der Waals surface area contributed by atoms with Crippen molar-refractivity contribution in [1.82, 2.24) is 9.88 Å². The van der Waals surface area contributed by atoms with Crippen molar-refractivity contribution in [3.05, 3.63) is 48.2 Å². The van der Waals surface area contributed by atoms with E-state index < -0.39 is 0 Å². The minimum atomic E-state index is -0.0772. The third kappa shape index (κ3) is 3.26. The molecule has 0 aliphatic carbocycles. The molecule has 0 bridgehead atoms. The summed E-state index contributed by atoms with van der Waals surface area (Å²) in [4.78, 5) is 18.2. The predicted octanol–water partition coefficient (Wildman–Crippen LogP) is 2.64. The van der Waals surface area contributed by atoms with Gasteiger partial charge in [0, 0.05) is 20.3 Å². The second kappa shape index (κ2) is 5.75. The summed E-state index contributed by atoms with van der Waals surface area (Å²) in [5.41, 5.74) is 0.548. The molecule has 4 nitrogen and oxygen atoms in total. The maximum Gasteiger partial charge on any atom is 0.254 e. The van der Waals surface area contributed by atoms with E-state index in [9.17, 15) is 9.90 Å².